The molecule has 0 aliphatic heterocycles. The summed E-state index contributed by atoms with van der Waals surface area (Å²) in [5.41, 5.74) is -0.179. The minimum atomic E-state index is -1.71. The highest BCUT2D eigenvalue weighted by Crippen LogP contribution is 2.65. The third-order valence-corrected chi connectivity index (χ3v) is 9.77. The number of hydrogen-bond donors (Lipinski definition) is 0. The van der Waals surface area contributed by atoms with Crippen LogP contribution < -0.4 is 0 Å². The summed E-state index contributed by atoms with van der Waals surface area (Å²) in [5, 5.41) is 0.234. The Morgan fingerprint density at radius 2 is 1.89 bits per heavy atom. The van der Waals surface area contributed by atoms with Gasteiger partial charge in [0, 0.05) is 6.10 Å². The maximum atomic E-state index is 11.8. The topological polar surface area (TPSA) is 35.5 Å². The second kappa shape index (κ2) is 4.07. The summed E-state index contributed by atoms with van der Waals surface area (Å²) in [6.07, 6.45) is 3.19. The molecule has 0 aromatic heterocycles. The van der Waals surface area contributed by atoms with Crippen molar-refractivity contribution in [3.63, 3.8) is 0 Å². The maximum absolute atomic E-state index is 11.8. The van der Waals surface area contributed by atoms with Crippen molar-refractivity contribution in [3.05, 3.63) is 0 Å². The summed E-state index contributed by atoms with van der Waals surface area (Å²) in [7, 11) is -0.214. The highest BCUT2D eigenvalue weighted by molar-refractivity contribution is 6.74. The molecule has 0 heterocycles. The average Bonchev–Trinajstić information content (AvgIpc) is 2.79. The van der Waals surface area contributed by atoms with Gasteiger partial charge < -0.3 is 9.16 Å². The fraction of sp³-hybridized carbons (Fsp3) is 0.929. The van der Waals surface area contributed by atoms with Crippen LogP contribution in [0.4, 0.5) is 0 Å². The standard InChI is InChI=1S/C14H26O3Si/c1-13(2,3)18(5,6)17-11-7-10-8-14(10,9-11)12(15)16-4/h10-11H,7-9H2,1-6H3/t10-,11-,14+/m1/s1. The van der Waals surface area contributed by atoms with Crippen molar-refractivity contribution in [2.45, 2.75) is 64.3 Å². The highest BCUT2D eigenvalue weighted by atomic mass is 28.4. The van der Waals surface area contributed by atoms with Gasteiger partial charge in [-0.1, -0.05) is 20.8 Å². The monoisotopic (exact) mass is 270 g/mol. The molecule has 0 bridgehead atoms. The number of hydrogen-bond acceptors (Lipinski definition) is 3. The number of esters is 1. The molecule has 0 aromatic carbocycles. The number of rotatable bonds is 3. The van der Waals surface area contributed by atoms with Crippen molar-refractivity contribution in [1.82, 2.24) is 0 Å². The van der Waals surface area contributed by atoms with Crippen LogP contribution in [-0.4, -0.2) is 27.5 Å². The Bertz CT molecular complexity index is 359. The van der Waals surface area contributed by atoms with Gasteiger partial charge in [-0.3, -0.25) is 4.79 Å². The van der Waals surface area contributed by atoms with E-state index in [0.717, 1.165) is 19.3 Å². The van der Waals surface area contributed by atoms with E-state index in [1.54, 1.807) is 0 Å². The van der Waals surface area contributed by atoms with E-state index in [1.165, 1.54) is 7.11 Å². The average molecular weight is 270 g/mol. The highest BCUT2D eigenvalue weighted by Gasteiger charge is 2.66. The predicted octanol–water partition coefficient (Wildman–Crippen LogP) is 3.35. The van der Waals surface area contributed by atoms with Crippen LogP contribution in [0.3, 0.4) is 0 Å². The number of methoxy groups -OCH3 is 1. The SMILES string of the molecule is COC(=O)[C@@]12C[C@H](O[Si](C)(C)C(C)(C)C)C[C@@H]1C2. The quantitative estimate of drug-likeness (QED) is 0.583. The third-order valence-electron chi connectivity index (χ3n) is 5.23. The molecule has 2 aliphatic rings. The van der Waals surface area contributed by atoms with Crippen molar-refractivity contribution in [2.75, 3.05) is 7.11 Å². The first kappa shape index (κ1) is 14.1. The fourth-order valence-electron chi connectivity index (χ4n) is 2.97. The number of fused-ring (bicyclic) bond motifs is 1. The van der Waals surface area contributed by atoms with Crippen molar-refractivity contribution < 1.29 is 14.0 Å². The van der Waals surface area contributed by atoms with Gasteiger partial charge in [-0.2, -0.15) is 0 Å². The molecule has 0 amide bonds. The first-order valence-electron chi connectivity index (χ1n) is 6.89. The van der Waals surface area contributed by atoms with Gasteiger partial charge >= 0.3 is 5.97 Å². The van der Waals surface area contributed by atoms with Gasteiger partial charge in [0.05, 0.1) is 12.5 Å². The fourth-order valence-corrected chi connectivity index (χ4v) is 4.33. The maximum Gasteiger partial charge on any atom is 0.312 e. The zero-order valence-corrected chi connectivity index (χ0v) is 13.5. The van der Waals surface area contributed by atoms with Crippen LogP contribution in [0.1, 0.15) is 40.0 Å². The summed E-state index contributed by atoms with van der Waals surface area (Å²) in [6, 6.07) is 0. The van der Waals surface area contributed by atoms with Gasteiger partial charge in [0.25, 0.3) is 0 Å². The smallest absolute Gasteiger partial charge is 0.312 e. The second-order valence-electron chi connectivity index (χ2n) is 7.49. The predicted molar refractivity (Wildman–Crippen MR) is 73.9 cm³/mol. The molecule has 2 rings (SSSR count). The number of ether oxygens (including phenoxy) is 1. The Kier molecular flexibility index (Phi) is 3.18. The summed E-state index contributed by atoms with van der Waals surface area (Å²) >= 11 is 0. The van der Waals surface area contributed by atoms with Crippen molar-refractivity contribution in [2.24, 2.45) is 11.3 Å². The van der Waals surface area contributed by atoms with Gasteiger partial charge in [0.15, 0.2) is 8.32 Å². The summed E-state index contributed by atoms with van der Waals surface area (Å²) in [5.74, 6) is 0.494. The first-order chi connectivity index (χ1) is 8.12. The molecule has 0 aromatic rings. The van der Waals surface area contributed by atoms with Gasteiger partial charge in [0.2, 0.25) is 0 Å². The summed E-state index contributed by atoms with van der Waals surface area (Å²) in [4.78, 5) is 11.8. The minimum Gasteiger partial charge on any atom is -0.469 e. The van der Waals surface area contributed by atoms with Crippen LogP contribution in [0.25, 0.3) is 0 Å². The molecule has 2 saturated carbocycles. The van der Waals surface area contributed by atoms with E-state index in [2.05, 4.69) is 33.9 Å². The number of carbonyl (C=O) groups is 1. The van der Waals surface area contributed by atoms with Gasteiger partial charge in [-0.25, -0.2) is 0 Å². The van der Waals surface area contributed by atoms with E-state index in [1.807, 2.05) is 0 Å². The zero-order valence-electron chi connectivity index (χ0n) is 12.5. The van der Waals surface area contributed by atoms with Crippen LogP contribution in [0.2, 0.25) is 18.1 Å². The second-order valence-corrected chi connectivity index (χ2v) is 12.2. The van der Waals surface area contributed by atoms with Crippen LogP contribution >= 0.6 is 0 Å². The minimum absolute atomic E-state index is 0.0196. The van der Waals surface area contributed by atoms with Crippen LogP contribution in [-0.2, 0) is 14.0 Å². The molecule has 0 N–H and O–H groups in total. The Hall–Kier alpha value is -0.353. The summed E-state index contributed by atoms with van der Waals surface area (Å²) < 4.78 is 11.4. The molecular formula is C14H26O3Si. The molecule has 4 heteroatoms. The van der Waals surface area contributed by atoms with Crippen LogP contribution in [0, 0.1) is 11.3 Å². The molecule has 2 fully saturated rings. The molecule has 18 heavy (non-hydrogen) atoms. The van der Waals surface area contributed by atoms with Crippen molar-refractivity contribution >= 4 is 14.3 Å². The molecule has 0 spiro atoms. The van der Waals surface area contributed by atoms with Crippen LogP contribution in [0.15, 0.2) is 0 Å². The van der Waals surface area contributed by atoms with Gasteiger partial charge in [-0.05, 0) is 43.3 Å². The Morgan fingerprint density at radius 1 is 1.28 bits per heavy atom. The molecule has 3 nitrogen and oxygen atoms in total. The lowest BCUT2D eigenvalue weighted by Gasteiger charge is -2.39. The van der Waals surface area contributed by atoms with Crippen molar-refractivity contribution in [3.8, 4) is 0 Å². The van der Waals surface area contributed by atoms with E-state index >= 15 is 0 Å². The van der Waals surface area contributed by atoms with Gasteiger partial charge in [0.1, 0.15) is 0 Å². The molecule has 2 aliphatic carbocycles. The van der Waals surface area contributed by atoms with E-state index in [9.17, 15) is 4.79 Å². The Morgan fingerprint density at radius 3 is 2.39 bits per heavy atom. The van der Waals surface area contributed by atoms with Crippen molar-refractivity contribution in [1.29, 1.82) is 0 Å². The van der Waals surface area contributed by atoms with Crippen LogP contribution in [0.5, 0.6) is 0 Å². The van der Waals surface area contributed by atoms with E-state index in [0.29, 0.717) is 5.92 Å². The summed E-state index contributed by atoms with van der Waals surface area (Å²) in [6.45, 7) is 11.3. The zero-order chi connectivity index (χ0) is 13.8. The molecule has 0 unspecified atom stereocenters. The molecule has 3 atom stereocenters. The first-order valence-corrected chi connectivity index (χ1v) is 9.79. The van der Waals surface area contributed by atoms with Gasteiger partial charge in [-0.15, -0.1) is 0 Å². The number of carbonyl (C=O) groups excluding carboxylic acids is 1. The van der Waals surface area contributed by atoms with E-state index in [-0.39, 0.29) is 22.5 Å². The third kappa shape index (κ3) is 2.14. The Balaban J connectivity index is 1.98. The molecule has 104 valence electrons. The van der Waals surface area contributed by atoms with E-state index < -0.39 is 8.32 Å². The normalized spacial score (nSPS) is 35.2. The van der Waals surface area contributed by atoms with E-state index in [4.69, 9.17) is 9.16 Å². The lowest BCUT2D eigenvalue weighted by molar-refractivity contribution is -0.147. The molecular weight excluding hydrogens is 244 g/mol. The lowest BCUT2D eigenvalue weighted by atomic mass is 10.0. The largest absolute Gasteiger partial charge is 0.469 e. The molecule has 0 saturated heterocycles. The lowest BCUT2D eigenvalue weighted by Crippen LogP contribution is -2.43. The molecule has 0 radical (unpaired) electrons. The Labute approximate surface area is 111 Å².